The van der Waals surface area contributed by atoms with Crippen LogP contribution in [-0.4, -0.2) is 20.2 Å². The normalized spacial score (nSPS) is 11.2. The Morgan fingerprint density at radius 2 is 2.04 bits per heavy atom. The summed E-state index contributed by atoms with van der Waals surface area (Å²) in [4.78, 5) is 33.3. The minimum atomic E-state index is -0.513. The summed E-state index contributed by atoms with van der Waals surface area (Å²) in [6, 6.07) is 10.3. The lowest BCUT2D eigenvalue weighted by atomic mass is 10.1. The van der Waals surface area contributed by atoms with Crippen LogP contribution in [-0.2, 0) is 0 Å². The van der Waals surface area contributed by atoms with E-state index in [0.717, 1.165) is 5.52 Å². The van der Waals surface area contributed by atoms with Gasteiger partial charge in [-0.15, -0.1) is 0 Å². The molecule has 0 spiro atoms. The third kappa shape index (κ3) is 2.25. The van der Waals surface area contributed by atoms with Crippen molar-refractivity contribution in [1.82, 2.24) is 14.4 Å². The highest BCUT2D eigenvalue weighted by atomic mass is 79.9. The number of benzene rings is 1. The number of rotatable bonds is 2. The van der Waals surface area contributed by atoms with Crippen molar-refractivity contribution in [3.8, 4) is 0 Å². The Kier molecular flexibility index (Phi) is 3.31. The fourth-order valence-electron chi connectivity index (χ4n) is 2.61. The quantitative estimate of drug-likeness (QED) is 0.497. The summed E-state index contributed by atoms with van der Waals surface area (Å²) in [7, 11) is 0. The van der Waals surface area contributed by atoms with Crippen LogP contribution in [0.2, 0.25) is 0 Å². The zero-order valence-corrected chi connectivity index (χ0v) is 14.1. The smallest absolute Gasteiger partial charge is 0.346 e. The van der Waals surface area contributed by atoms with Crippen molar-refractivity contribution in [2.75, 3.05) is 0 Å². The molecule has 0 saturated carbocycles. The number of halogens is 1. The highest BCUT2D eigenvalue weighted by Crippen LogP contribution is 2.21. The maximum atomic E-state index is 12.8. The van der Waals surface area contributed by atoms with Crippen LogP contribution in [0.1, 0.15) is 22.1 Å². The number of imidazole rings is 1. The van der Waals surface area contributed by atoms with Crippen LogP contribution >= 0.6 is 15.9 Å². The lowest BCUT2D eigenvalue weighted by molar-refractivity contribution is 0.102. The molecule has 0 aliphatic rings. The first-order chi connectivity index (χ1) is 11.5. The molecule has 7 heteroatoms. The third-order valence-electron chi connectivity index (χ3n) is 3.70. The van der Waals surface area contributed by atoms with Gasteiger partial charge in [0.15, 0.2) is 11.7 Å². The fraction of sp³-hybridized carbons (Fsp3) is 0.0588. The second-order valence-electron chi connectivity index (χ2n) is 5.26. The number of hydrogen-bond acceptors (Lipinski definition) is 5. The highest BCUT2D eigenvalue weighted by Gasteiger charge is 2.19. The molecule has 3 aromatic heterocycles. The Labute approximate surface area is 143 Å². The van der Waals surface area contributed by atoms with Gasteiger partial charge in [-0.2, -0.15) is 0 Å². The van der Waals surface area contributed by atoms with Crippen molar-refractivity contribution in [1.29, 1.82) is 0 Å². The van der Waals surface area contributed by atoms with E-state index in [1.54, 1.807) is 29.7 Å². The Morgan fingerprint density at radius 3 is 2.88 bits per heavy atom. The Morgan fingerprint density at radius 1 is 1.21 bits per heavy atom. The predicted molar refractivity (Wildman–Crippen MR) is 91.3 cm³/mol. The van der Waals surface area contributed by atoms with Gasteiger partial charge in [0.1, 0.15) is 4.60 Å². The number of aryl methyl sites for hydroxylation is 1. The van der Waals surface area contributed by atoms with E-state index in [1.165, 1.54) is 6.07 Å². The molecular weight excluding hydrogens is 374 g/mol. The average Bonchev–Trinajstić information content (AvgIpc) is 2.91. The fourth-order valence-corrected chi connectivity index (χ4v) is 3.10. The van der Waals surface area contributed by atoms with Crippen LogP contribution in [0.5, 0.6) is 0 Å². The molecule has 0 atom stereocenters. The number of nitrogens with zero attached hydrogens (tertiary/aromatic N) is 3. The minimum absolute atomic E-state index is 0.265. The third-order valence-corrected chi connectivity index (χ3v) is 4.29. The SMILES string of the molecule is Cc1nc2ccc(C(=O)c3nc(Br)c4ccccn34)cc2c(=O)o1. The predicted octanol–water partition coefficient (Wildman–Crippen LogP) is 3.14. The molecule has 0 saturated heterocycles. The van der Waals surface area contributed by atoms with Gasteiger partial charge in [-0.3, -0.25) is 9.20 Å². The van der Waals surface area contributed by atoms with Crippen molar-refractivity contribution in [2.45, 2.75) is 6.92 Å². The molecule has 118 valence electrons. The van der Waals surface area contributed by atoms with Crippen LogP contribution in [0.4, 0.5) is 0 Å². The number of aromatic nitrogens is 3. The van der Waals surface area contributed by atoms with E-state index >= 15 is 0 Å². The lowest BCUT2D eigenvalue weighted by Gasteiger charge is -2.03. The van der Waals surface area contributed by atoms with E-state index in [2.05, 4.69) is 25.9 Å². The number of carbonyl (C=O) groups is 1. The number of ketones is 1. The lowest BCUT2D eigenvalue weighted by Crippen LogP contribution is -2.09. The highest BCUT2D eigenvalue weighted by molar-refractivity contribution is 9.10. The molecule has 24 heavy (non-hydrogen) atoms. The first-order valence-corrected chi connectivity index (χ1v) is 7.93. The van der Waals surface area contributed by atoms with Crippen LogP contribution in [0, 0.1) is 6.92 Å². The summed E-state index contributed by atoms with van der Waals surface area (Å²) in [6.07, 6.45) is 1.76. The van der Waals surface area contributed by atoms with Gasteiger partial charge in [-0.1, -0.05) is 6.07 Å². The molecule has 0 radical (unpaired) electrons. The van der Waals surface area contributed by atoms with Crippen molar-refractivity contribution in [2.24, 2.45) is 0 Å². The molecule has 0 N–H and O–H groups in total. The molecule has 6 nitrogen and oxygen atoms in total. The number of hydrogen-bond donors (Lipinski definition) is 0. The molecule has 3 heterocycles. The van der Waals surface area contributed by atoms with Crippen LogP contribution in [0.3, 0.4) is 0 Å². The molecule has 0 aliphatic heterocycles. The van der Waals surface area contributed by atoms with Gasteiger partial charge in [-0.25, -0.2) is 14.8 Å². The zero-order valence-electron chi connectivity index (χ0n) is 12.5. The van der Waals surface area contributed by atoms with E-state index in [-0.39, 0.29) is 22.9 Å². The van der Waals surface area contributed by atoms with Crippen molar-refractivity contribution in [3.63, 3.8) is 0 Å². The Hall–Kier alpha value is -2.80. The molecule has 0 amide bonds. The first-order valence-electron chi connectivity index (χ1n) is 7.13. The summed E-state index contributed by atoms with van der Waals surface area (Å²) >= 11 is 3.36. The molecule has 0 bridgehead atoms. The van der Waals surface area contributed by atoms with E-state index in [1.807, 2.05) is 18.2 Å². The van der Waals surface area contributed by atoms with Gasteiger partial charge in [-0.05, 0) is 46.3 Å². The molecule has 1 aromatic carbocycles. The summed E-state index contributed by atoms with van der Waals surface area (Å²) in [5.41, 5.74) is 1.12. The van der Waals surface area contributed by atoms with Gasteiger partial charge < -0.3 is 4.42 Å². The van der Waals surface area contributed by atoms with Crippen molar-refractivity contribution >= 4 is 38.1 Å². The molecule has 0 aliphatic carbocycles. The Bertz CT molecular complexity index is 1180. The number of fused-ring (bicyclic) bond motifs is 2. The zero-order chi connectivity index (χ0) is 16.8. The second kappa shape index (κ2) is 5.38. The van der Waals surface area contributed by atoms with Gasteiger partial charge in [0, 0.05) is 18.7 Å². The largest absolute Gasteiger partial charge is 0.408 e. The molecule has 4 aromatic rings. The summed E-state index contributed by atoms with van der Waals surface area (Å²) in [5, 5.41) is 0.270. The van der Waals surface area contributed by atoms with E-state index in [4.69, 9.17) is 4.42 Å². The minimum Gasteiger partial charge on any atom is -0.408 e. The van der Waals surface area contributed by atoms with Gasteiger partial charge in [0.05, 0.1) is 16.4 Å². The maximum absolute atomic E-state index is 12.8. The van der Waals surface area contributed by atoms with Crippen molar-refractivity contribution in [3.05, 3.63) is 74.9 Å². The number of pyridine rings is 1. The van der Waals surface area contributed by atoms with Gasteiger partial charge >= 0.3 is 5.63 Å². The summed E-state index contributed by atoms with van der Waals surface area (Å²) < 4.78 is 7.29. The standard InChI is InChI=1S/C17H10BrN3O3/c1-9-19-12-6-5-10(8-11(12)17(23)24-9)14(22)16-20-15(18)13-4-2-3-7-21(13)16/h2-8H,1H3. The maximum Gasteiger partial charge on any atom is 0.346 e. The Balaban J connectivity index is 1.90. The monoisotopic (exact) mass is 383 g/mol. The molecule has 0 fully saturated rings. The van der Waals surface area contributed by atoms with Crippen LogP contribution in [0.15, 0.2) is 56.4 Å². The van der Waals surface area contributed by atoms with Gasteiger partial charge in [0.25, 0.3) is 0 Å². The van der Waals surface area contributed by atoms with Crippen molar-refractivity contribution < 1.29 is 9.21 Å². The van der Waals surface area contributed by atoms with E-state index in [9.17, 15) is 9.59 Å². The topological polar surface area (TPSA) is 77.5 Å². The van der Waals surface area contributed by atoms with E-state index in [0.29, 0.717) is 15.7 Å². The molecule has 0 unspecified atom stereocenters. The van der Waals surface area contributed by atoms with Gasteiger partial charge in [0.2, 0.25) is 5.78 Å². The molecule has 4 rings (SSSR count). The van der Waals surface area contributed by atoms with Crippen LogP contribution in [0.25, 0.3) is 16.4 Å². The average molecular weight is 384 g/mol. The molecular formula is C17H10BrN3O3. The summed E-state index contributed by atoms with van der Waals surface area (Å²) in [6.45, 7) is 1.61. The second-order valence-corrected chi connectivity index (χ2v) is 6.01. The first kappa shape index (κ1) is 14.8. The number of carbonyl (C=O) groups excluding carboxylic acids is 1. The van der Waals surface area contributed by atoms with Crippen LogP contribution < -0.4 is 5.63 Å². The summed E-state index contributed by atoms with van der Waals surface area (Å²) in [5.74, 6) is 0.264. The van der Waals surface area contributed by atoms with E-state index < -0.39 is 5.63 Å².